The Morgan fingerprint density at radius 1 is 1.00 bits per heavy atom. The smallest absolute Gasteiger partial charge is 0.00412 e. The summed E-state index contributed by atoms with van der Waals surface area (Å²) in [5, 5.41) is 3.62. The summed E-state index contributed by atoms with van der Waals surface area (Å²) in [4.78, 5) is 0. The average molecular weight is 185 g/mol. The van der Waals surface area contributed by atoms with Crippen LogP contribution >= 0.6 is 0 Å². The third-order valence-electron chi connectivity index (χ3n) is 2.73. The van der Waals surface area contributed by atoms with E-state index in [0.29, 0.717) is 6.04 Å². The molecule has 0 aliphatic heterocycles. The van der Waals surface area contributed by atoms with E-state index in [1.807, 2.05) is 0 Å². The van der Waals surface area contributed by atoms with E-state index in [9.17, 15) is 0 Å². The number of rotatable bonds is 7. The van der Waals surface area contributed by atoms with E-state index in [4.69, 9.17) is 0 Å². The molecule has 0 rings (SSSR count). The second kappa shape index (κ2) is 7.37. The Morgan fingerprint density at radius 3 is 1.92 bits per heavy atom. The third kappa shape index (κ3) is 7.06. The van der Waals surface area contributed by atoms with Gasteiger partial charge in [0.15, 0.2) is 0 Å². The molecule has 0 aliphatic carbocycles. The highest BCUT2D eigenvalue weighted by Gasteiger charge is 2.07. The minimum absolute atomic E-state index is 0.681. The fraction of sp³-hybridized carbons (Fsp3) is 1.00. The van der Waals surface area contributed by atoms with Crippen molar-refractivity contribution in [2.45, 2.75) is 59.9 Å². The fourth-order valence-electron chi connectivity index (χ4n) is 1.74. The number of hydrogen-bond acceptors (Lipinski definition) is 1. The highest BCUT2D eigenvalue weighted by Crippen LogP contribution is 2.08. The van der Waals surface area contributed by atoms with Crippen LogP contribution in [0.1, 0.15) is 53.9 Å². The topological polar surface area (TPSA) is 12.0 Å². The molecule has 0 aromatic carbocycles. The van der Waals surface area contributed by atoms with Crippen molar-refractivity contribution in [3.8, 4) is 0 Å². The zero-order valence-corrected chi connectivity index (χ0v) is 10.1. The molecule has 80 valence electrons. The van der Waals surface area contributed by atoms with Crippen LogP contribution in [0.2, 0.25) is 0 Å². The number of nitrogens with one attached hydrogen (secondary N) is 1. The Kier molecular flexibility index (Phi) is 7.35. The molecule has 0 bridgehead atoms. The van der Waals surface area contributed by atoms with E-state index in [1.54, 1.807) is 0 Å². The van der Waals surface area contributed by atoms with E-state index < -0.39 is 0 Å². The molecule has 0 spiro atoms. The van der Waals surface area contributed by atoms with Crippen LogP contribution in [0.3, 0.4) is 0 Å². The van der Waals surface area contributed by atoms with Crippen LogP contribution in [0.25, 0.3) is 0 Å². The first-order chi connectivity index (χ1) is 6.10. The summed E-state index contributed by atoms with van der Waals surface area (Å²) < 4.78 is 0. The lowest BCUT2D eigenvalue weighted by atomic mass is 10.0. The van der Waals surface area contributed by atoms with Gasteiger partial charge in [0.2, 0.25) is 0 Å². The predicted octanol–water partition coefficient (Wildman–Crippen LogP) is 3.45. The Balaban J connectivity index is 3.49. The maximum Gasteiger partial charge on any atom is 0.00412 e. The average Bonchev–Trinajstić information content (AvgIpc) is 2.05. The van der Waals surface area contributed by atoms with Crippen molar-refractivity contribution in [3.63, 3.8) is 0 Å². The molecule has 0 saturated heterocycles. The van der Waals surface area contributed by atoms with Crippen LogP contribution in [-0.4, -0.2) is 12.6 Å². The van der Waals surface area contributed by atoms with E-state index in [0.717, 1.165) is 11.8 Å². The molecule has 1 heteroatoms. The molecule has 0 fully saturated rings. The third-order valence-corrected chi connectivity index (χ3v) is 2.73. The monoisotopic (exact) mass is 185 g/mol. The first-order valence-corrected chi connectivity index (χ1v) is 5.83. The maximum absolute atomic E-state index is 3.62. The lowest BCUT2D eigenvalue weighted by Crippen LogP contribution is -2.31. The van der Waals surface area contributed by atoms with Gasteiger partial charge in [-0.05, 0) is 31.7 Å². The van der Waals surface area contributed by atoms with E-state index in [1.165, 1.54) is 25.8 Å². The van der Waals surface area contributed by atoms with Crippen LogP contribution in [-0.2, 0) is 0 Å². The van der Waals surface area contributed by atoms with Gasteiger partial charge in [0.1, 0.15) is 0 Å². The van der Waals surface area contributed by atoms with Crippen molar-refractivity contribution in [3.05, 3.63) is 0 Å². The molecule has 0 aromatic heterocycles. The highest BCUT2D eigenvalue weighted by atomic mass is 14.9. The van der Waals surface area contributed by atoms with Gasteiger partial charge in [-0.15, -0.1) is 0 Å². The van der Waals surface area contributed by atoms with Gasteiger partial charge in [0, 0.05) is 6.04 Å². The molecule has 0 radical (unpaired) electrons. The molecule has 1 unspecified atom stereocenters. The molecule has 0 saturated carbocycles. The van der Waals surface area contributed by atoms with E-state index in [-0.39, 0.29) is 0 Å². The normalized spacial score (nSPS) is 14.1. The van der Waals surface area contributed by atoms with Gasteiger partial charge in [-0.3, -0.25) is 0 Å². The van der Waals surface area contributed by atoms with Crippen LogP contribution in [0, 0.1) is 11.8 Å². The lowest BCUT2D eigenvalue weighted by molar-refractivity contribution is 0.383. The number of hydrogen-bond donors (Lipinski definition) is 1. The minimum atomic E-state index is 0.681. The SMILES string of the molecule is CCC(CC)CNC(C)CC(C)C. The molecule has 0 aliphatic rings. The Labute approximate surface area is 84.3 Å². The highest BCUT2D eigenvalue weighted by molar-refractivity contribution is 4.66. The molecule has 1 atom stereocenters. The molecular formula is C12H27N. The van der Waals surface area contributed by atoms with Crippen molar-refractivity contribution in [1.82, 2.24) is 5.32 Å². The first-order valence-electron chi connectivity index (χ1n) is 5.83. The lowest BCUT2D eigenvalue weighted by Gasteiger charge is -2.19. The molecule has 1 N–H and O–H groups in total. The summed E-state index contributed by atoms with van der Waals surface area (Å²) in [5.41, 5.74) is 0. The van der Waals surface area contributed by atoms with Gasteiger partial charge >= 0.3 is 0 Å². The molecule has 0 aromatic rings. The van der Waals surface area contributed by atoms with Crippen LogP contribution in [0.15, 0.2) is 0 Å². The van der Waals surface area contributed by atoms with E-state index >= 15 is 0 Å². The quantitative estimate of drug-likeness (QED) is 0.640. The molecule has 1 nitrogen and oxygen atoms in total. The molecule has 13 heavy (non-hydrogen) atoms. The Morgan fingerprint density at radius 2 is 1.54 bits per heavy atom. The molecule has 0 heterocycles. The Hall–Kier alpha value is -0.0400. The van der Waals surface area contributed by atoms with Gasteiger partial charge in [-0.25, -0.2) is 0 Å². The predicted molar refractivity (Wildman–Crippen MR) is 61.0 cm³/mol. The molecular weight excluding hydrogens is 158 g/mol. The fourth-order valence-corrected chi connectivity index (χ4v) is 1.74. The van der Waals surface area contributed by atoms with Crippen LogP contribution in [0.4, 0.5) is 0 Å². The van der Waals surface area contributed by atoms with Crippen molar-refractivity contribution in [2.75, 3.05) is 6.54 Å². The van der Waals surface area contributed by atoms with Gasteiger partial charge in [0.05, 0.1) is 0 Å². The largest absolute Gasteiger partial charge is 0.314 e. The van der Waals surface area contributed by atoms with Crippen molar-refractivity contribution >= 4 is 0 Å². The zero-order chi connectivity index (χ0) is 10.3. The van der Waals surface area contributed by atoms with Crippen LogP contribution < -0.4 is 5.32 Å². The summed E-state index contributed by atoms with van der Waals surface area (Å²) >= 11 is 0. The van der Waals surface area contributed by atoms with E-state index in [2.05, 4.69) is 39.9 Å². The Bertz CT molecular complexity index is 106. The standard InChI is InChI=1S/C12H27N/c1-6-12(7-2)9-13-11(5)8-10(3)4/h10-13H,6-9H2,1-5H3. The van der Waals surface area contributed by atoms with Gasteiger partial charge < -0.3 is 5.32 Å². The summed E-state index contributed by atoms with van der Waals surface area (Å²) in [6.07, 6.45) is 3.90. The van der Waals surface area contributed by atoms with Crippen molar-refractivity contribution < 1.29 is 0 Å². The van der Waals surface area contributed by atoms with Gasteiger partial charge in [-0.2, -0.15) is 0 Å². The second-order valence-electron chi connectivity index (χ2n) is 4.62. The second-order valence-corrected chi connectivity index (χ2v) is 4.62. The summed E-state index contributed by atoms with van der Waals surface area (Å²) in [6, 6.07) is 0.681. The first kappa shape index (κ1) is 13.0. The summed E-state index contributed by atoms with van der Waals surface area (Å²) in [6.45, 7) is 12.6. The minimum Gasteiger partial charge on any atom is -0.314 e. The maximum atomic E-state index is 3.62. The van der Waals surface area contributed by atoms with Gasteiger partial charge in [-0.1, -0.05) is 40.5 Å². The zero-order valence-electron chi connectivity index (χ0n) is 10.1. The molecule has 0 amide bonds. The summed E-state index contributed by atoms with van der Waals surface area (Å²) in [7, 11) is 0. The van der Waals surface area contributed by atoms with Crippen molar-refractivity contribution in [1.29, 1.82) is 0 Å². The van der Waals surface area contributed by atoms with Gasteiger partial charge in [0.25, 0.3) is 0 Å². The van der Waals surface area contributed by atoms with Crippen LogP contribution in [0.5, 0.6) is 0 Å². The summed E-state index contributed by atoms with van der Waals surface area (Å²) in [5.74, 6) is 1.68. The van der Waals surface area contributed by atoms with Crippen molar-refractivity contribution in [2.24, 2.45) is 11.8 Å².